The molecule has 0 saturated carbocycles. The highest BCUT2D eigenvalue weighted by Crippen LogP contribution is 2.42. The van der Waals surface area contributed by atoms with Gasteiger partial charge in [-0.05, 0) is 61.4 Å². The van der Waals surface area contributed by atoms with Gasteiger partial charge in [0.2, 0.25) is 0 Å². The Hall–Kier alpha value is -3.71. The van der Waals surface area contributed by atoms with Gasteiger partial charge in [-0.2, -0.15) is 0 Å². The number of methoxy groups -OCH3 is 1. The average Bonchev–Trinajstić information content (AvgIpc) is 2.92. The number of benzene rings is 3. The Morgan fingerprint density at radius 3 is 2.46 bits per heavy atom. The fourth-order valence-electron chi connectivity index (χ4n) is 4.85. The van der Waals surface area contributed by atoms with Crippen molar-refractivity contribution < 1.29 is 14.3 Å². The summed E-state index contributed by atoms with van der Waals surface area (Å²) in [5.74, 6) is 0.621. The topological polar surface area (TPSA) is 53.1 Å². The minimum Gasteiger partial charge on any atom is -0.496 e. The zero-order chi connectivity index (χ0) is 26.1. The summed E-state index contributed by atoms with van der Waals surface area (Å²) in [6, 6.07) is 19.8. The largest absolute Gasteiger partial charge is 0.496 e. The fourth-order valence-corrected chi connectivity index (χ4v) is 5.93. The molecule has 2 aliphatic rings. The zero-order valence-electron chi connectivity index (χ0n) is 21.7. The van der Waals surface area contributed by atoms with Crippen LogP contribution in [0.15, 0.2) is 70.5 Å². The molecule has 2 amide bonds. The van der Waals surface area contributed by atoms with Crippen molar-refractivity contribution in [1.29, 1.82) is 0 Å². The van der Waals surface area contributed by atoms with Crippen LogP contribution < -0.4 is 14.5 Å². The lowest BCUT2D eigenvalue weighted by molar-refractivity contribution is -0.114. The minimum atomic E-state index is -0.102. The van der Waals surface area contributed by atoms with Crippen molar-refractivity contribution in [3.63, 3.8) is 0 Å². The number of piperazine rings is 1. The molecule has 0 N–H and O–H groups in total. The Kier molecular flexibility index (Phi) is 6.98. The summed E-state index contributed by atoms with van der Waals surface area (Å²) in [6.07, 6.45) is 1.86. The van der Waals surface area contributed by atoms with E-state index in [1.54, 1.807) is 19.1 Å². The van der Waals surface area contributed by atoms with Gasteiger partial charge in [-0.25, -0.2) is 0 Å². The van der Waals surface area contributed by atoms with E-state index in [-0.39, 0.29) is 11.8 Å². The highest BCUT2D eigenvalue weighted by Gasteiger charge is 2.29. The van der Waals surface area contributed by atoms with Crippen LogP contribution in [0.2, 0.25) is 0 Å². The molecule has 190 valence electrons. The molecule has 1 fully saturated rings. The van der Waals surface area contributed by atoms with Gasteiger partial charge < -0.3 is 19.4 Å². The van der Waals surface area contributed by atoms with E-state index < -0.39 is 0 Å². The molecule has 0 spiro atoms. The van der Waals surface area contributed by atoms with E-state index in [1.165, 1.54) is 28.6 Å². The molecule has 2 heterocycles. The number of amides is 2. The van der Waals surface area contributed by atoms with Crippen LogP contribution in [0.3, 0.4) is 0 Å². The summed E-state index contributed by atoms with van der Waals surface area (Å²) in [6.45, 7) is 7.16. The van der Waals surface area contributed by atoms with Crippen LogP contribution >= 0.6 is 11.8 Å². The first-order valence-electron chi connectivity index (χ1n) is 12.4. The maximum Gasteiger partial charge on any atom is 0.264 e. The van der Waals surface area contributed by atoms with Gasteiger partial charge >= 0.3 is 0 Å². The van der Waals surface area contributed by atoms with Crippen LogP contribution in [-0.2, 0) is 4.79 Å². The zero-order valence-corrected chi connectivity index (χ0v) is 22.5. The van der Waals surface area contributed by atoms with Gasteiger partial charge in [-0.1, -0.05) is 42.1 Å². The number of carbonyl (C=O) groups excluding carboxylic acids is 2. The van der Waals surface area contributed by atoms with Gasteiger partial charge in [0.1, 0.15) is 5.75 Å². The molecule has 7 heteroatoms. The van der Waals surface area contributed by atoms with Gasteiger partial charge in [0.25, 0.3) is 11.8 Å². The van der Waals surface area contributed by atoms with Crippen LogP contribution in [0.25, 0.3) is 6.08 Å². The van der Waals surface area contributed by atoms with E-state index in [0.29, 0.717) is 23.6 Å². The number of anilines is 2. The number of likely N-dealkylation sites (N-methyl/N-ethyl adjacent to an activating group) is 1. The quantitative estimate of drug-likeness (QED) is 0.438. The second-order valence-electron chi connectivity index (χ2n) is 9.47. The van der Waals surface area contributed by atoms with Gasteiger partial charge in [0, 0.05) is 54.9 Å². The molecular weight excluding hydrogens is 482 g/mol. The van der Waals surface area contributed by atoms with E-state index in [1.807, 2.05) is 53.4 Å². The third-order valence-electron chi connectivity index (χ3n) is 7.00. The SMILES string of the molecule is COc1ccccc1/C=C1\Sc2ccc(C(=O)N3CCN(c4cc(C)ccc4C)CC3)cc2N(C)C1=O. The molecule has 0 aromatic heterocycles. The molecule has 6 nitrogen and oxygen atoms in total. The Bertz CT molecular complexity index is 1390. The summed E-state index contributed by atoms with van der Waals surface area (Å²) in [5.41, 5.74) is 5.96. The van der Waals surface area contributed by atoms with Crippen LogP contribution in [-0.4, -0.2) is 57.1 Å². The monoisotopic (exact) mass is 513 g/mol. The smallest absolute Gasteiger partial charge is 0.264 e. The first kappa shape index (κ1) is 25.0. The number of hydrogen-bond donors (Lipinski definition) is 0. The number of hydrogen-bond acceptors (Lipinski definition) is 5. The molecular formula is C30H31N3O3S. The maximum atomic E-state index is 13.4. The van der Waals surface area contributed by atoms with E-state index in [0.717, 1.165) is 35.0 Å². The Balaban J connectivity index is 1.32. The molecule has 0 bridgehead atoms. The average molecular weight is 514 g/mol. The molecule has 0 radical (unpaired) electrons. The summed E-state index contributed by atoms with van der Waals surface area (Å²) in [4.78, 5) is 34.0. The first-order valence-corrected chi connectivity index (χ1v) is 13.2. The summed E-state index contributed by atoms with van der Waals surface area (Å²) < 4.78 is 5.44. The van der Waals surface area contributed by atoms with Crippen molar-refractivity contribution in [2.75, 3.05) is 50.1 Å². The second-order valence-corrected chi connectivity index (χ2v) is 10.6. The number of thioether (sulfide) groups is 1. The van der Waals surface area contributed by atoms with Gasteiger partial charge in [-0.3, -0.25) is 9.59 Å². The second kappa shape index (κ2) is 10.3. The summed E-state index contributed by atoms with van der Waals surface area (Å²) in [5, 5.41) is 0. The van der Waals surface area contributed by atoms with Crippen molar-refractivity contribution in [2.24, 2.45) is 0 Å². The predicted molar refractivity (Wildman–Crippen MR) is 151 cm³/mol. The number of rotatable bonds is 4. The van der Waals surface area contributed by atoms with E-state index in [2.05, 4.69) is 36.9 Å². The van der Waals surface area contributed by atoms with Gasteiger partial charge in [0.15, 0.2) is 0 Å². The fraction of sp³-hybridized carbons (Fsp3) is 0.267. The lowest BCUT2D eigenvalue weighted by Crippen LogP contribution is -2.49. The number of nitrogens with zero attached hydrogens (tertiary/aromatic N) is 3. The van der Waals surface area contributed by atoms with Crippen molar-refractivity contribution in [2.45, 2.75) is 18.7 Å². The van der Waals surface area contributed by atoms with E-state index in [9.17, 15) is 9.59 Å². The number of para-hydroxylation sites is 1. The standard InChI is InChI=1S/C30H31N3O3S/c1-20-9-10-21(2)24(17-20)32-13-15-33(16-14-32)29(34)23-11-12-27-25(18-23)31(3)30(35)28(37-27)19-22-7-5-6-8-26(22)36-4/h5-12,17-19H,13-16H2,1-4H3/b28-19-. The highest BCUT2D eigenvalue weighted by molar-refractivity contribution is 8.04. The lowest BCUT2D eigenvalue weighted by Gasteiger charge is -2.37. The molecule has 3 aromatic rings. The van der Waals surface area contributed by atoms with Crippen molar-refractivity contribution in [1.82, 2.24) is 4.90 Å². The van der Waals surface area contributed by atoms with E-state index in [4.69, 9.17) is 4.74 Å². The third-order valence-corrected chi connectivity index (χ3v) is 8.08. The molecule has 2 aliphatic heterocycles. The molecule has 0 atom stereocenters. The van der Waals surface area contributed by atoms with Crippen LogP contribution in [0, 0.1) is 13.8 Å². The number of ether oxygens (including phenoxy) is 1. The van der Waals surface area contributed by atoms with Crippen LogP contribution in [0.4, 0.5) is 11.4 Å². The highest BCUT2D eigenvalue weighted by atomic mass is 32.2. The normalized spacial score (nSPS) is 16.7. The van der Waals surface area contributed by atoms with Crippen molar-refractivity contribution in [3.05, 3.63) is 87.8 Å². The van der Waals surface area contributed by atoms with Gasteiger partial charge in [-0.15, -0.1) is 0 Å². The molecule has 0 aliphatic carbocycles. The Morgan fingerprint density at radius 2 is 1.70 bits per heavy atom. The number of aryl methyl sites for hydroxylation is 2. The molecule has 3 aromatic carbocycles. The molecule has 5 rings (SSSR count). The maximum absolute atomic E-state index is 13.4. The van der Waals surface area contributed by atoms with Crippen molar-refractivity contribution >= 4 is 41.0 Å². The number of fused-ring (bicyclic) bond motifs is 1. The van der Waals surface area contributed by atoms with Crippen molar-refractivity contribution in [3.8, 4) is 5.75 Å². The minimum absolute atomic E-state index is 0.00428. The molecule has 0 unspecified atom stereocenters. The number of carbonyl (C=O) groups is 2. The Morgan fingerprint density at radius 1 is 0.946 bits per heavy atom. The summed E-state index contributed by atoms with van der Waals surface area (Å²) in [7, 11) is 3.38. The van der Waals surface area contributed by atoms with E-state index >= 15 is 0 Å². The lowest BCUT2D eigenvalue weighted by atomic mass is 10.1. The summed E-state index contributed by atoms with van der Waals surface area (Å²) >= 11 is 1.42. The Labute approximate surface area is 222 Å². The molecule has 1 saturated heterocycles. The van der Waals surface area contributed by atoms with Crippen LogP contribution in [0.1, 0.15) is 27.0 Å². The first-order chi connectivity index (χ1) is 17.9. The van der Waals surface area contributed by atoms with Crippen LogP contribution in [0.5, 0.6) is 5.75 Å². The van der Waals surface area contributed by atoms with Gasteiger partial charge in [0.05, 0.1) is 17.7 Å². The molecule has 37 heavy (non-hydrogen) atoms. The predicted octanol–water partition coefficient (Wildman–Crippen LogP) is 5.38. The third kappa shape index (κ3) is 4.96.